The van der Waals surface area contributed by atoms with Crippen molar-refractivity contribution in [1.82, 2.24) is 0 Å². The molecule has 1 fully saturated rings. The molecular weight excluding hydrogens is 234 g/mol. The first-order chi connectivity index (χ1) is 7.18. The Bertz CT molecular complexity index is 347. The molecule has 0 heterocycles. The van der Waals surface area contributed by atoms with E-state index in [2.05, 4.69) is 0 Å². The topological polar surface area (TPSA) is 0 Å². The van der Waals surface area contributed by atoms with Crippen LogP contribution in [0.2, 0.25) is 5.02 Å². The molecule has 0 N–H and O–H groups in total. The Labute approximate surface area is 99.4 Å². The average molecular weight is 247 g/mol. The van der Waals surface area contributed by atoms with Gasteiger partial charge in [-0.05, 0) is 43.2 Å². The van der Waals surface area contributed by atoms with E-state index in [1.165, 1.54) is 18.9 Å². The van der Waals surface area contributed by atoms with Crippen molar-refractivity contribution in [2.45, 2.75) is 31.1 Å². The fraction of sp³-hybridized carbons (Fsp3) is 0.500. The Morgan fingerprint density at radius 1 is 1.40 bits per heavy atom. The zero-order valence-corrected chi connectivity index (χ0v) is 9.86. The molecule has 15 heavy (non-hydrogen) atoms. The molecule has 1 aromatic carbocycles. The Balaban J connectivity index is 1.95. The van der Waals surface area contributed by atoms with Crippen LogP contribution in [-0.2, 0) is 6.42 Å². The first-order valence-electron chi connectivity index (χ1n) is 5.25. The predicted molar refractivity (Wildman–Crippen MR) is 62.1 cm³/mol. The molecule has 0 nitrogen and oxygen atoms in total. The first-order valence-corrected chi connectivity index (χ1v) is 6.07. The molecule has 1 atom stereocenters. The summed E-state index contributed by atoms with van der Waals surface area (Å²) in [5.41, 5.74) is 0.864. The molecule has 0 spiro atoms. The lowest BCUT2D eigenvalue weighted by molar-refractivity contribution is 0.622. The van der Waals surface area contributed by atoms with Crippen LogP contribution >= 0.6 is 23.2 Å². The number of halogens is 3. The molecule has 1 saturated carbocycles. The van der Waals surface area contributed by atoms with Crippen molar-refractivity contribution >= 4 is 23.2 Å². The highest BCUT2D eigenvalue weighted by Gasteiger charge is 2.29. The highest BCUT2D eigenvalue weighted by atomic mass is 35.5. The van der Waals surface area contributed by atoms with Crippen LogP contribution < -0.4 is 0 Å². The summed E-state index contributed by atoms with van der Waals surface area (Å²) in [4.78, 5) is 0. The normalized spacial score (nSPS) is 17.8. The van der Waals surface area contributed by atoms with E-state index in [9.17, 15) is 4.39 Å². The summed E-state index contributed by atoms with van der Waals surface area (Å²) < 4.78 is 13.1. The molecule has 0 saturated heterocycles. The molecule has 0 aliphatic heterocycles. The Morgan fingerprint density at radius 2 is 2.13 bits per heavy atom. The summed E-state index contributed by atoms with van der Waals surface area (Å²) in [6.07, 6.45) is 4.13. The van der Waals surface area contributed by atoms with E-state index < -0.39 is 0 Å². The fourth-order valence-corrected chi connectivity index (χ4v) is 2.31. The maximum atomic E-state index is 13.1. The lowest BCUT2D eigenvalue weighted by atomic mass is 10.1. The highest BCUT2D eigenvalue weighted by molar-refractivity contribution is 6.31. The minimum absolute atomic E-state index is 0.226. The van der Waals surface area contributed by atoms with Crippen LogP contribution in [0.25, 0.3) is 0 Å². The highest BCUT2D eigenvalue weighted by Crippen LogP contribution is 2.38. The third-order valence-electron chi connectivity index (χ3n) is 2.85. The van der Waals surface area contributed by atoms with Gasteiger partial charge in [0.1, 0.15) is 5.82 Å². The van der Waals surface area contributed by atoms with Crippen LogP contribution in [0.5, 0.6) is 0 Å². The minimum Gasteiger partial charge on any atom is -0.205 e. The van der Waals surface area contributed by atoms with E-state index in [-0.39, 0.29) is 16.2 Å². The second kappa shape index (κ2) is 4.71. The summed E-state index contributed by atoms with van der Waals surface area (Å²) in [7, 11) is 0. The van der Waals surface area contributed by atoms with E-state index in [0.717, 1.165) is 18.4 Å². The van der Waals surface area contributed by atoms with Crippen molar-refractivity contribution in [2.24, 2.45) is 5.92 Å². The molecule has 82 valence electrons. The van der Waals surface area contributed by atoms with Gasteiger partial charge < -0.3 is 0 Å². The standard InChI is InChI=1S/C12H13Cl2F/c13-10(8-4-5-8)7-6-9-2-1-3-11(15)12(9)14/h1-3,8,10H,4-7H2. The van der Waals surface area contributed by atoms with Crippen molar-refractivity contribution in [2.75, 3.05) is 0 Å². The van der Waals surface area contributed by atoms with Gasteiger partial charge in [-0.15, -0.1) is 11.6 Å². The molecule has 2 rings (SSSR count). The van der Waals surface area contributed by atoms with E-state index in [1.54, 1.807) is 6.07 Å². The summed E-state index contributed by atoms with van der Waals surface area (Å²) in [5.74, 6) is 0.339. The molecule has 0 aromatic heterocycles. The second-order valence-electron chi connectivity index (χ2n) is 4.11. The number of rotatable bonds is 4. The van der Waals surface area contributed by atoms with Gasteiger partial charge in [-0.1, -0.05) is 23.7 Å². The molecule has 1 aliphatic rings. The van der Waals surface area contributed by atoms with Gasteiger partial charge >= 0.3 is 0 Å². The number of benzene rings is 1. The summed E-state index contributed by atoms with van der Waals surface area (Å²) in [6.45, 7) is 0. The van der Waals surface area contributed by atoms with E-state index >= 15 is 0 Å². The predicted octanol–water partition coefficient (Wildman–Crippen LogP) is 4.43. The lowest BCUT2D eigenvalue weighted by Crippen LogP contribution is -2.03. The van der Waals surface area contributed by atoms with Gasteiger partial charge in [-0.2, -0.15) is 0 Å². The average Bonchev–Trinajstić information content (AvgIpc) is 3.03. The van der Waals surface area contributed by atoms with E-state index in [1.807, 2.05) is 6.07 Å². The van der Waals surface area contributed by atoms with Crippen molar-refractivity contribution in [1.29, 1.82) is 0 Å². The summed E-state index contributed by atoms with van der Waals surface area (Å²) >= 11 is 12.0. The van der Waals surface area contributed by atoms with Gasteiger partial charge in [0.05, 0.1) is 5.02 Å². The van der Waals surface area contributed by atoms with Crippen LogP contribution in [0.15, 0.2) is 18.2 Å². The molecule has 1 aliphatic carbocycles. The van der Waals surface area contributed by atoms with E-state index in [4.69, 9.17) is 23.2 Å². The van der Waals surface area contributed by atoms with Crippen molar-refractivity contribution in [3.8, 4) is 0 Å². The zero-order valence-electron chi connectivity index (χ0n) is 8.35. The molecule has 1 aromatic rings. The van der Waals surface area contributed by atoms with Crippen LogP contribution in [0.4, 0.5) is 4.39 Å². The largest absolute Gasteiger partial charge is 0.205 e. The monoisotopic (exact) mass is 246 g/mol. The quantitative estimate of drug-likeness (QED) is 0.690. The summed E-state index contributed by atoms with van der Waals surface area (Å²) in [6, 6.07) is 4.93. The lowest BCUT2D eigenvalue weighted by Gasteiger charge is -2.08. The number of aryl methyl sites for hydroxylation is 1. The number of hydrogen-bond donors (Lipinski definition) is 0. The Kier molecular flexibility index (Phi) is 3.53. The van der Waals surface area contributed by atoms with E-state index in [0.29, 0.717) is 5.92 Å². The zero-order chi connectivity index (χ0) is 10.8. The van der Waals surface area contributed by atoms with Crippen LogP contribution in [0, 0.1) is 11.7 Å². The molecular formula is C12H13Cl2F. The van der Waals surface area contributed by atoms with Gasteiger partial charge in [0.2, 0.25) is 0 Å². The molecule has 3 heteroatoms. The second-order valence-corrected chi connectivity index (χ2v) is 5.04. The van der Waals surface area contributed by atoms with Crippen molar-refractivity contribution < 1.29 is 4.39 Å². The summed E-state index contributed by atoms with van der Waals surface area (Å²) in [5, 5.41) is 0.474. The fourth-order valence-electron chi connectivity index (χ4n) is 1.73. The van der Waals surface area contributed by atoms with Gasteiger partial charge in [0.25, 0.3) is 0 Å². The van der Waals surface area contributed by atoms with Gasteiger partial charge in [0.15, 0.2) is 0 Å². The maximum Gasteiger partial charge on any atom is 0.142 e. The first kappa shape index (κ1) is 11.2. The third-order valence-corrected chi connectivity index (χ3v) is 3.85. The molecule has 1 unspecified atom stereocenters. The number of hydrogen-bond acceptors (Lipinski definition) is 0. The SMILES string of the molecule is Fc1cccc(CCC(Cl)C2CC2)c1Cl. The van der Waals surface area contributed by atoms with Crippen LogP contribution in [-0.4, -0.2) is 5.38 Å². The third kappa shape index (κ3) is 2.85. The smallest absolute Gasteiger partial charge is 0.142 e. The Hall–Kier alpha value is -0.270. The van der Waals surface area contributed by atoms with Gasteiger partial charge in [-0.25, -0.2) is 4.39 Å². The van der Waals surface area contributed by atoms with Crippen molar-refractivity contribution in [3.63, 3.8) is 0 Å². The van der Waals surface area contributed by atoms with Gasteiger partial charge in [-0.3, -0.25) is 0 Å². The molecule has 0 bridgehead atoms. The Morgan fingerprint density at radius 3 is 2.80 bits per heavy atom. The van der Waals surface area contributed by atoms with Crippen LogP contribution in [0.1, 0.15) is 24.8 Å². The van der Waals surface area contributed by atoms with Gasteiger partial charge in [0, 0.05) is 5.38 Å². The maximum absolute atomic E-state index is 13.1. The minimum atomic E-state index is -0.341. The van der Waals surface area contributed by atoms with Crippen LogP contribution in [0.3, 0.4) is 0 Å². The number of alkyl halides is 1. The molecule has 0 amide bonds. The molecule has 0 radical (unpaired) electrons. The van der Waals surface area contributed by atoms with Crippen molar-refractivity contribution in [3.05, 3.63) is 34.6 Å².